The highest BCUT2D eigenvalue weighted by molar-refractivity contribution is 9.10. The summed E-state index contributed by atoms with van der Waals surface area (Å²) in [5.74, 6) is -0.267. The van der Waals surface area contributed by atoms with Crippen LogP contribution in [0.4, 0.5) is 10.1 Å². The molecule has 0 unspecified atom stereocenters. The van der Waals surface area contributed by atoms with Gasteiger partial charge in [-0.3, -0.25) is 4.99 Å². The van der Waals surface area contributed by atoms with E-state index >= 15 is 0 Å². The van der Waals surface area contributed by atoms with Gasteiger partial charge in [0.2, 0.25) is 0 Å². The minimum absolute atomic E-state index is 0.267. The first kappa shape index (κ1) is 11.0. The van der Waals surface area contributed by atoms with Gasteiger partial charge in [-0.1, -0.05) is 24.3 Å². The maximum Gasteiger partial charge on any atom is 0.137 e. The maximum atomic E-state index is 13.0. The van der Waals surface area contributed by atoms with E-state index in [1.165, 1.54) is 6.07 Å². The van der Waals surface area contributed by atoms with Crippen LogP contribution in [0.5, 0.6) is 0 Å². The highest BCUT2D eigenvalue weighted by Gasteiger charge is 1.97. The number of benzene rings is 2. The minimum atomic E-state index is -0.267. The molecule has 0 bridgehead atoms. The fourth-order valence-corrected chi connectivity index (χ4v) is 1.65. The van der Waals surface area contributed by atoms with Crippen molar-refractivity contribution in [1.29, 1.82) is 0 Å². The lowest BCUT2D eigenvalue weighted by Gasteiger charge is -1.96. The number of halogens is 2. The molecule has 0 saturated heterocycles. The standard InChI is InChI=1S/C13H9BrFN/c14-12-8-10(6-7-13(12)15)9-16-11-4-2-1-3-5-11/h1-9H. The van der Waals surface area contributed by atoms with E-state index in [0.717, 1.165) is 11.3 Å². The Bertz CT molecular complexity index is 509. The number of hydrogen-bond donors (Lipinski definition) is 0. The molecule has 0 aliphatic rings. The van der Waals surface area contributed by atoms with E-state index in [1.54, 1.807) is 18.3 Å². The molecule has 0 spiro atoms. The molecule has 0 saturated carbocycles. The molecule has 2 aromatic rings. The molecule has 2 aromatic carbocycles. The monoisotopic (exact) mass is 277 g/mol. The van der Waals surface area contributed by atoms with E-state index in [2.05, 4.69) is 20.9 Å². The Morgan fingerprint density at radius 1 is 1.06 bits per heavy atom. The number of para-hydroxylation sites is 1. The summed E-state index contributed by atoms with van der Waals surface area (Å²) in [6, 6.07) is 14.4. The van der Waals surface area contributed by atoms with Crippen LogP contribution in [0.15, 0.2) is 58.0 Å². The van der Waals surface area contributed by atoms with Crippen molar-refractivity contribution in [3.8, 4) is 0 Å². The zero-order chi connectivity index (χ0) is 11.4. The predicted molar refractivity (Wildman–Crippen MR) is 67.8 cm³/mol. The van der Waals surface area contributed by atoms with Gasteiger partial charge in [-0.25, -0.2) is 4.39 Å². The van der Waals surface area contributed by atoms with Gasteiger partial charge in [0.25, 0.3) is 0 Å². The predicted octanol–water partition coefficient (Wildman–Crippen LogP) is 4.34. The first-order chi connectivity index (χ1) is 7.75. The van der Waals surface area contributed by atoms with Gasteiger partial charge in [-0.05, 0) is 45.8 Å². The van der Waals surface area contributed by atoms with Gasteiger partial charge < -0.3 is 0 Å². The lowest BCUT2D eigenvalue weighted by atomic mass is 10.2. The molecule has 0 heterocycles. The highest BCUT2D eigenvalue weighted by atomic mass is 79.9. The summed E-state index contributed by atoms with van der Waals surface area (Å²) in [5.41, 5.74) is 1.74. The number of hydrogen-bond acceptors (Lipinski definition) is 1. The van der Waals surface area contributed by atoms with Crippen molar-refractivity contribution in [2.75, 3.05) is 0 Å². The van der Waals surface area contributed by atoms with Gasteiger partial charge in [0.15, 0.2) is 0 Å². The van der Waals surface area contributed by atoms with Crippen LogP contribution >= 0.6 is 15.9 Å². The van der Waals surface area contributed by atoms with E-state index in [9.17, 15) is 4.39 Å². The zero-order valence-corrected chi connectivity index (χ0v) is 9.99. The van der Waals surface area contributed by atoms with Gasteiger partial charge in [-0.15, -0.1) is 0 Å². The van der Waals surface area contributed by atoms with Crippen molar-refractivity contribution in [1.82, 2.24) is 0 Å². The van der Waals surface area contributed by atoms with Crippen molar-refractivity contribution in [2.45, 2.75) is 0 Å². The van der Waals surface area contributed by atoms with E-state index in [4.69, 9.17) is 0 Å². The summed E-state index contributed by atoms with van der Waals surface area (Å²) in [6.45, 7) is 0. The molecular weight excluding hydrogens is 269 g/mol. The second-order valence-electron chi connectivity index (χ2n) is 3.27. The second kappa shape index (κ2) is 5.03. The average molecular weight is 278 g/mol. The molecule has 0 N–H and O–H groups in total. The second-order valence-corrected chi connectivity index (χ2v) is 4.12. The molecule has 0 aliphatic carbocycles. The summed E-state index contributed by atoms with van der Waals surface area (Å²) in [5, 5.41) is 0. The van der Waals surface area contributed by atoms with E-state index < -0.39 is 0 Å². The Balaban J connectivity index is 2.21. The maximum absolute atomic E-state index is 13.0. The Kier molecular flexibility index (Phi) is 3.47. The lowest BCUT2D eigenvalue weighted by molar-refractivity contribution is 0.621. The van der Waals surface area contributed by atoms with Crippen LogP contribution in [0.25, 0.3) is 0 Å². The van der Waals surface area contributed by atoms with Gasteiger partial charge in [-0.2, -0.15) is 0 Å². The fraction of sp³-hybridized carbons (Fsp3) is 0. The first-order valence-electron chi connectivity index (χ1n) is 4.80. The lowest BCUT2D eigenvalue weighted by Crippen LogP contribution is -1.83. The SMILES string of the molecule is Fc1ccc(C=Nc2ccccc2)cc1Br. The van der Waals surface area contributed by atoms with Crippen LogP contribution in [0.2, 0.25) is 0 Å². The molecule has 0 aliphatic heterocycles. The highest BCUT2D eigenvalue weighted by Crippen LogP contribution is 2.16. The number of rotatable bonds is 2. The van der Waals surface area contributed by atoms with Crippen LogP contribution in [0.3, 0.4) is 0 Å². The summed E-state index contributed by atoms with van der Waals surface area (Å²) in [7, 11) is 0. The molecule has 0 radical (unpaired) electrons. The summed E-state index contributed by atoms with van der Waals surface area (Å²) in [4.78, 5) is 4.28. The third-order valence-electron chi connectivity index (χ3n) is 2.06. The van der Waals surface area contributed by atoms with Gasteiger partial charge in [0, 0.05) is 6.21 Å². The first-order valence-corrected chi connectivity index (χ1v) is 5.59. The van der Waals surface area contributed by atoms with Crippen LogP contribution in [0.1, 0.15) is 5.56 Å². The molecule has 3 heteroatoms. The number of aliphatic imine (C=N–C) groups is 1. The van der Waals surface area contributed by atoms with Crippen LogP contribution in [-0.4, -0.2) is 6.21 Å². The molecule has 0 atom stereocenters. The average Bonchev–Trinajstić information content (AvgIpc) is 2.32. The molecule has 0 fully saturated rings. The Labute approximate surface area is 102 Å². The summed E-state index contributed by atoms with van der Waals surface area (Å²) in [6.07, 6.45) is 1.71. The molecule has 2 rings (SSSR count). The Hall–Kier alpha value is -1.48. The smallest absolute Gasteiger partial charge is 0.137 e. The Morgan fingerprint density at radius 2 is 1.81 bits per heavy atom. The Morgan fingerprint density at radius 3 is 2.50 bits per heavy atom. The molecule has 80 valence electrons. The molecule has 1 nitrogen and oxygen atoms in total. The van der Waals surface area contributed by atoms with Gasteiger partial charge in [0.05, 0.1) is 10.2 Å². The van der Waals surface area contributed by atoms with E-state index in [-0.39, 0.29) is 5.82 Å². The van der Waals surface area contributed by atoms with Gasteiger partial charge >= 0.3 is 0 Å². The topological polar surface area (TPSA) is 12.4 Å². The molecule has 16 heavy (non-hydrogen) atoms. The summed E-state index contributed by atoms with van der Waals surface area (Å²) >= 11 is 3.14. The van der Waals surface area contributed by atoms with Crippen molar-refractivity contribution in [3.05, 3.63) is 64.4 Å². The summed E-state index contributed by atoms with van der Waals surface area (Å²) < 4.78 is 13.4. The van der Waals surface area contributed by atoms with Crippen molar-refractivity contribution >= 4 is 27.8 Å². The van der Waals surface area contributed by atoms with Crippen molar-refractivity contribution in [2.24, 2.45) is 4.99 Å². The quantitative estimate of drug-likeness (QED) is 0.725. The van der Waals surface area contributed by atoms with E-state index in [0.29, 0.717) is 4.47 Å². The van der Waals surface area contributed by atoms with Gasteiger partial charge in [0.1, 0.15) is 5.82 Å². The number of nitrogens with zero attached hydrogens (tertiary/aromatic N) is 1. The zero-order valence-electron chi connectivity index (χ0n) is 8.40. The largest absolute Gasteiger partial charge is 0.256 e. The third kappa shape index (κ3) is 2.76. The normalized spacial score (nSPS) is 10.9. The van der Waals surface area contributed by atoms with Crippen LogP contribution < -0.4 is 0 Å². The van der Waals surface area contributed by atoms with Crippen molar-refractivity contribution in [3.63, 3.8) is 0 Å². The van der Waals surface area contributed by atoms with Crippen LogP contribution in [-0.2, 0) is 0 Å². The van der Waals surface area contributed by atoms with E-state index in [1.807, 2.05) is 30.3 Å². The molecule has 0 aromatic heterocycles. The van der Waals surface area contributed by atoms with Crippen LogP contribution in [0, 0.1) is 5.82 Å². The third-order valence-corrected chi connectivity index (χ3v) is 2.67. The molecule has 0 amide bonds. The molecular formula is C13H9BrFN. The minimum Gasteiger partial charge on any atom is -0.256 e. The fourth-order valence-electron chi connectivity index (χ4n) is 1.26. The van der Waals surface area contributed by atoms with Crippen molar-refractivity contribution < 1.29 is 4.39 Å².